The predicted octanol–water partition coefficient (Wildman–Crippen LogP) is 1.96. The van der Waals surface area contributed by atoms with Gasteiger partial charge < -0.3 is 10.1 Å². The molecule has 24 heavy (non-hydrogen) atoms. The van der Waals surface area contributed by atoms with Crippen molar-refractivity contribution in [3.8, 4) is 18.1 Å². The van der Waals surface area contributed by atoms with Crippen LogP contribution in [-0.2, 0) is 4.79 Å². The van der Waals surface area contributed by atoms with Gasteiger partial charge in [-0.2, -0.15) is 5.10 Å². The van der Waals surface area contributed by atoms with Crippen LogP contribution in [0.4, 0.5) is 15.8 Å². The summed E-state index contributed by atoms with van der Waals surface area (Å²) in [5.41, 5.74) is 0.554. The largest absolute Gasteiger partial charge is 0.481 e. The molecule has 1 aromatic carbocycles. The molecular formula is C16H15FN4O2S. The Morgan fingerprint density at radius 3 is 3.08 bits per heavy atom. The van der Waals surface area contributed by atoms with Crippen molar-refractivity contribution in [2.75, 3.05) is 29.9 Å². The molecule has 0 saturated heterocycles. The van der Waals surface area contributed by atoms with E-state index in [4.69, 9.17) is 23.4 Å². The molecule has 0 atom stereocenters. The molecule has 1 aromatic rings. The summed E-state index contributed by atoms with van der Waals surface area (Å²) in [6.45, 7) is 0.586. The minimum absolute atomic E-state index is 0.0845. The third kappa shape index (κ3) is 3.16. The van der Waals surface area contributed by atoms with Gasteiger partial charge in [-0.05, 0) is 31.1 Å². The van der Waals surface area contributed by atoms with E-state index in [1.54, 1.807) is 11.2 Å². The molecule has 0 spiro atoms. The standard InChI is InChI=1S/C16H15FN4O2S/c1-2-6-20-13-9-12(11(17)8-14(13)23-10-15(20)22)19-16(24)21-7-4-3-5-18-21/h1,5,8-9H,3-4,6-7,10H2,(H,19,24). The first-order valence-corrected chi connectivity index (χ1v) is 7.82. The summed E-state index contributed by atoms with van der Waals surface area (Å²) in [5.74, 6) is 1.88. The molecule has 0 fully saturated rings. The second kappa shape index (κ2) is 6.84. The molecule has 0 unspecified atom stereocenters. The zero-order valence-corrected chi connectivity index (χ0v) is 13.6. The van der Waals surface area contributed by atoms with E-state index in [0.29, 0.717) is 12.2 Å². The monoisotopic (exact) mass is 346 g/mol. The first-order chi connectivity index (χ1) is 11.6. The average molecular weight is 346 g/mol. The van der Waals surface area contributed by atoms with E-state index in [1.807, 2.05) is 0 Å². The number of rotatable bonds is 2. The molecule has 0 aliphatic carbocycles. The Labute approximate surface area is 144 Å². The molecule has 0 radical (unpaired) electrons. The first kappa shape index (κ1) is 16.2. The summed E-state index contributed by atoms with van der Waals surface area (Å²) in [4.78, 5) is 13.3. The SMILES string of the molecule is C#CCN1C(=O)COc2cc(F)c(NC(=S)N3CCCC=N3)cc21. The van der Waals surface area contributed by atoms with Gasteiger partial charge in [-0.15, -0.1) is 6.42 Å². The molecule has 1 amide bonds. The van der Waals surface area contributed by atoms with Gasteiger partial charge in [-0.3, -0.25) is 9.69 Å². The van der Waals surface area contributed by atoms with E-state index in [-0.39, 0.29) is 35.6 Å². The molecule has 2 aliphatic heterocycles. The van der Waals surface area contributed by atoms with Gasteiger partial charge in [0.1, 0.15) is 5.75 Å². The number of carbonyl (C=O) groups excluding carboxylic acids is 1. The van der Waals surface area contributed by atoms with Crippen molar-refractivity contribution in [3.63, 3.8) is 0 Å². The number of ether oxygens (including phenoxy) is 1. The highest BCUT2D eigenvalue weighted by atomic mass is 32.1. The maximum atomic E-state index is 14.3. The van der Waals surface area contributed by atoms with Crippen molar-refractivity contribution in [2.45, 2.75) is 12.8 Å². The molecule has 1 N–H and O–H groups in total. The number of fused-ring (bicyclic) bond motifs is 1. The highest BCUT2D eigenvalue weighted by molar-refractivity contribution is 7.80. The summed E-state index contributed by atoms with van der Waals surface area (Å²) in [5, 5.41) is 8.88. The zero-order valence-electron chi connectivity index (χ0n) is 12.8. The summed E-state index contributed by atoms with van der Waals surface area (Å²) in [6.07, 6.45) is 8.90. The topological polar surface area (TPSA) is 57.2 Å². The lowest BCUT2D eigenvalue weighted by Crippen LogP contribution is -2.39. The third-order valence-corrected chi connectivity index (χ3v) is 3.95. The van der Waals surface area contributed by atoms with Gasteiger partial charge in [-0.25, -0.2) is 9.40 Å². The van der Waals surface area contributed by atoms with Crippen LogP contribution in [0.15, 0.2) is 17.2 Å². The fraction of sp³-hybridized carbons (Fsp3) is 0.312. The number of anilines is 2. The van der Waals surface area contributed by atoms with E-state index >= 15 is 0 Å². The van der Waals surface area contributed by atoms with Crippen LogP contribution < -0.4 is 15.0 Å². The lowest BCUT2D eigenvalue weighted by molar-refractivity contribution is -0.121. The number of hydrazone groups is 1. The maximum Gasteiger partial charge on any atom is 0.265 e. The molecule has 3 rings (SSSR count). The number of hydrogen-bond acceptors (Lipinski definition) is 4. The number of hydrogen-bond donors (Lipinski definition) is 1. The summed E-state index contributed by atoms with van der Waals surface area (Å²) in [6, 6.07) is 2.69. The average Bonchev–Trinajstić information content (AvgIpc) is 2.59. The zero-order chi connectivity index (χ0) is 17.1. The van der Waals surface area contributed by atoms with Crippen molar-refractivity contribution >= 4 is 40.8 Å². The van der Waals surface area contributed by atoms with E-state index < -0.39 is 5.82 Å². The Morgan fingerprint density at radius 1 is 1.54 bits per heavy atom. The second-order valence-electron chi connectivity index (χ2n) is 5.27. The molecule has 2 heterocycles. The van der Waals surface area contributed by atoms with Crippen LogP contribution >= 0.6 is 12.2 Å². The molecular weight excluding hydrogens is 331 g/mol. The molecule has 8 heteroatoms. The van der Waals surface area contributed by atoms with E-state index in [0.717, 1.165) is 12.8 Å². The molecule has 2 aliphatic rings. The second-order valence-corrected chi connectivity index (χ2v) is 5.65. The minimum Gasteiger partial charge on any atom is -0.481 e. The van der Waals surface area contributed by atoms with E-state index in [2.05, 4.69) is 16.3 Å². The highest BCUT2D eigenvalue weighted by Crippen LogP contribution is 2.36. The number of amides is 1. The third-order valence-electron chi connectivity index (χ3n) is 3.64. The Balaban J connectivity index is 1.88. The smallest absolute Gasteiger partial charge is 0.265 e. The maximum absolute atomic E-state index is 14.3. The number of carbonyl (C=O) groups is 1. The van der Waals surface area contributed by atoms with E-state index in [9.17, 15) is 9.18 Å². The number of nitrogens with zero attached hydrogens (tertiary/aromatic N) is 3. The van der Waals surface area contributed by atoms with Gasteiger partial charge in [0.2, 0.25) is 0 Å². The minimum atomic E-state index is -0.535. The lowest BCUT2D eigenvalue weighted by Gasteiger charge is -2.29. The first-order valence-electron chi connectivity index (χ1n) is 7.41. The highest BCUT2D eigenvalue weighted by Gasteiger charge is 2.27. The predicted molar refractivity (Wildman–Crippen MR) is 93.7 cm³/mol. The van der Waals surface area contributed by atoms with Crippen molar-refractivity contribution in [1.29, 1.82) is 0 Å². The van der Waals surface area contributed by atoms with Crippen LogP contribution in [0.1, 0.15) is 12.8 Å². The molecule has 0 bridgehead atoms. The van der Waals surface area contributed by atoms with Crippen molar-refractivity contribution in [2.24, 2.45) is 5.10 Å². The van der Waals surface area contributed by atoms with Gasteiger partial charge in [0.05, 0.1) is 17.9 Å². The Kier molecular flexibility index (Phi) is 4.62. The summed E-state index contributed by atoms with van der Waals surface area (Å²) < 4.78 is 19.6. The van der Waals surface area contributed by atoms with Gasteiger partial charge in [0.25, 0.3) is 5.91 Å². The fourth-order valence-corrected chi connectivity index (χ4v) is 2.71. The van der Waals surface area contributed by atoms with Crippen molar-refractivity contribution in [1.82, 2.24) is 5.01 Å². The Morgan fingerprint density at radius 2 is 2.38 bits per heavy atom. The fourth-order valence-electron chi connectivity index (χ4n) is 2.46. The summed E-state index contributed by atoms with van der Waals surface area (Å²) >= 11 is 5.26. The molecule has 6 nitrogen and oxygen atoms in total. The normalized spacial score (nSPS) is 16.2. The quantitative estimate of drug-likeness (QED) is 0.655. The number of nitrogens with one attached hydrogen (secondary N) is 1. The summed E-state index contributed by atoms with van der Waals surface area (Å²) in [7, 11) is 0. The molecule has 0 saturated carbocycles. The van der Waals surface area contributed by atoms with Crippen molar-refractivity contribution in [3.05, 3.63) is 17.9 Å². The lowest BCUT2D eigenvalue weighted by atomic mass is 10.2. The van der Waals surface area contributed by atoms with Crippen molar-refractivity contribution < 1.29 is 13.9 Å². The van der Waals surface area contributed by atoms with Crippen LogP contribution in [0.3, 0.4) is 0 Å². The van der Waals surface area contributed by atoms with Gasteiger partial charge in [-0.1, -0.05) is 5.92 Å². The van der Waals surface area contributed by atoms with Gasteiger partial charge in [0.15, 0.2) is 17.5 Å². The Hall–Kier alpha value is -2.66. The van der Waals surface area contributed by atoms with E-state index in [1.165, 1.54) is 17.0 Å². The number of halogens is 1. The molecule has 0 aromatic heterocycles. The molecule has 124 valence electrons. The van der Waals surface area contributed by atoms with Crippen LogP contribution in [0, 0.1) is 18.2 Å². The number of benzene rings is 1. The van der Waals surface area contributed by atoms with Crippen LogP contribution in [0.2, 0.25) is 0 Å². The van der Waals surface area contributed by atoms with Crippen LogP contribution in [0.25, 0.3) is 0 Å². The number of terminal acetylenes is 1. The van der Waals surface area contributed by atoms with Gasteiger partial charge >= 0.3 is 0 Å². The van der Waals surface area contributed by atoms with Crippen LogP contribution in [0.5, 0.6) is 5.75 Å². The van der Waals surface area contributed by atoms with Gasteiger partial charge in [0, 0.05) is 18.8 Å². The van der Waals surface area contributed by atoms with Crippen LogP contribution in [-0.4, -0.2) is 41.9 Å². The number of thiocarbonyl (C=S) groups is 1. The Bertz CT molecular complexity index is 759.